The van der Waals surface area contributed by atoms with Crippen LogP contribution in [0.2, 0.25) is 0 Å². The zero-order valence-electron chi connectivity index (χ0n) is 7.64. The third kappa shape index (κ3) is 0.766. The highest BCUT2D eigenvalue weighted by Gasteiger charge is 2.62. The molecule has 3 fully saturated rings. The monoisotopic (exact) mass is 182 g/mol. The average molecular weight is 182 g/mol. The predicted molar refractivity (Wildman–Crippen MR) is 44.7 cm³/mol. The Hall–Kier alpha value is -0.570. The van der Waals surface area contributed by atoms with Crippen LogP contribution in [0.15, 0.2) is 0 Å². The van der Waals surface area contributed by atoms with E-state index in [1.54, 1.807) is 0 Å². The molecule has 2 aliphatic carbocycles. The molecule has 0 spiro atoms. The lowest BCUT2D eigenvalue weighted by molar-refractivity contribution is -0.142. The molecule has 3 nitrogen and oxygen atoms in total. The fourth-order valence-corrected chi connectivity index (χ4v) is 3.83. The lowest BCUT2D eigenvalue weighted by Crippen LogP contribution is -2.31. The number of fused-ring (bicyclic) bond motifs is 5. The molecule has 6 unspecified atom stereocenters. The van der Waals surface area contributed by atoms with Gasteiger partial charge in [-0.15, -0.1) is 0 Å². The first-order valence-electron chi connectivity index (χ1n) is 5.05. The van der Waals surface area contributed by atoms with E-state index in [1.165, 1.54) is 0 Å². The van der Waals surface area contributed by atoms with Crippen LogP contribution in [0.5, 0.6) is 0 Å². The van der Waals surface area contributed by atoms with E-state index in [0.29, 0.717) is 30.3 Å². The van der Waals surface area contributed by atoms with Crippen molar-refractivity contribution in [3.63, 3.8) is 0 Å². The van der Waals surface area contributed by atoms with Gasteiger partial charge < -0.3 is 9.84 Å². The number of carbonyl (C=O) groups is 1. The summed E-state index contributed by atoms with van der Waals surface area (Å²) < 4.78 is 5.05. The van der Waals surface area contributed by atoms with Crippen LogP contribution in [0.25, 0.3) is 0 Å². The number of rotatable bonds is 0. The molecule has 6 atom stereocenters. The van der Waals surface area contributed by atoms with Gasteiger partial charge in [-0.2, -0.15) is 0 Å². The number of ether oxygens (including phenoxy) is 1. The maximum atomic E-state index is 11.4. The second-order valence-electron chi connectivity index (χ2n) is 4.72. The number of hydrogen-bond acceptors (Lipinski definition) is 3. The first-order chi connectivity index (χ1) is 6.20. The van der Waals surface area contributed by atoms with E-state index in [2.05, 4.69) is 6.92 Å². The first-order valence-corrected chi connectivity index (χ1v) is 5.05. The zero-order valence-corrected chi connectivity index (χ0v) is 7.64. The summed E-state index contributed by atoms with van der Waals surface area (Å²) >= 11 is 0. The minimum absolute atomic E-state index is 0.0174. The molecule has 3 heteroatoms. The molecule has 72 valence electrons. The number of carbonyl (C=O) groups excluding carboxylic acids is 1. The minimum Gasteiger partial charge on any atom is -0.465 e. The summed E-state index contributed by atoms with van der Waals surface area (Å²) in [6, 6.07) is 0. The van der Waals surface area contributed by atoms with E-state index in [4.69, 9.17) is 4.74 Å². The average Bonchev–Trinajstić information content (AvgIpc) is 2.64. The van der Waals surface area contributed by atoms with Gasteiger partial charge in [0, 0.05) is 5.92 Å². The summed E-state index contributed by atoms with van der Waals surface area (Å²) in [5, 5.41) is 9.76. The maximum absolute atomic E-state index is 11.4. The molecule has 2 bridgehead atoms. The summed E-state index contributed by atoms with van der Waals surface area (Å²) in [4.78, 5) is 11.4. The van der Waals surface area contributed by atoms with Gasteiger partial charge in [0.1, 0.15) is 0 Å². The fraction of sp³-hybridized carbons (Fsp3) is 0.900. The number of aliphatic hydroxyl groups excluding tert-OH is 1. The molecule has 1 aliphatic heterocycles. The van der Waals surface area contributed by atoms with Crippen LogP contribution in [-0.4, -0.2) is 23.8 Å². The van der Waals surface area contributed by atoms with Gasteiger partial charge in [-0.05, 0) is 24.2 Å². The van der Waals surface area contributed by atoms with Gasteiger partial charge in [-0.3, -0.25) is 4.79 Å². The quantitative estimate of drug-likeness (QED) is 0.552. The highest BCUT2D eigenvalue weighted by molar-refractivity contribution is 5.76. The van der Waals surface area contributed by atoms with Crippen LogP contribution in [0.1, 0.15) is 13.3 Å². The highest BCUT2D eigenvalue weighted by atomic mass is 16.5. The van der Waals surface area contributed by atoms with Crippen LogP contribution in [0.4, 0.5) is 0 Å². The molecular weight excluding hydrogens is 168 g/mol. The van der Waals surface area contributed by atoms with Crippen molar-refractivity contribution in [3.8, 4) is 0 Å². The molecule has 3 aliphatic rings. The summed E-state index contributed by atoms with van der Waals surface area (Å²) in [5.74, 6) is 1.63. The van der Waals surface area contributed by atoms with Crippen molar-refractivity contribution in [3.05, 3.63) is 0 Å². The van der Waals surface area contributed by atoms with Gasteiger partial charge in [0.2, 0.25) is 0 Å². The summed E-state index contributed by atoms with van der Waals surface area (Å²) in [7, 11) is 0. The van der Waals surface area contributed by atoms with E-state index >= 15 is 0 Å². The third-order valence-corrected chi connectivity index (χ3v) is 4.35. The van der Waals surface area contributed by atoms with Gasteiger partial charge in [-0.1, -0.05) is 6.92 Å². The van der Waals surface area contributed by atoms with E-state index in [9.17, 15) is 9.90 Å². The molecule has 1 heterocycles. The normalized spacial score (nSPS) is 58.2. The fourth-order valence-electron chi connectivity index (χ4n) is 3.83. The van der Waals surface area contributed by atoms with Gasteiger partial charge in [0.15, 0.2) is 0 Å². The smallest absolute Gasteiger partial charge is 0.309 e. The Morgan fingerprint density at radius 3 is 3.00 bits per heavy atom. The molecule has 3 rings (SSSR count). The Kier molecular flexibility index (Phi) is 1.36. The summed E-state index contributed by atoms with van der Waals surface area (Å²) in [5.41, 5.74) is 0. The third-order valence-electron chi connectivity index (χ3n) is 4.35. The van der Waals surface area contributed by atoms with Crippen LogP contribution in [0, 0.1) is 29.6 Å². The second kappa shape index (κ2) is 2.27. The number of hydrogen-bond donors (Lipinski definition) is 1. The highest BCUT2D eigenvalue weighted by Crippen LogP contribution is 2.58. The zero-order chi connectivity index (χ0) is 9.16. The molecule has 13 heavy (non-hydrogen) atoms. The minimum atomic E-state index is -0.184. The topological polar surface area (TPSA) is 46.5 Å². The molecule has 0 radical (unpaired) electrons. The molecule has 0 aromatic carbocycles. The van der Waals surface area contributed by atoms with Crippen molar-refractivity contribution in [1.82, 2.24) is 0 Å². The molecular formula is C10H14O3. The number of esters is 1. The Bertz CT molecular complexity index is 261. The number of aliphatic hydroxyl groups is 1. The van der Waals surface area contributed by atoms with E-state index in [1.807, 2.05) is 0 Å². The van der Waals surface area contributed by atoms with E-state index in [0.717, 1.165) is 6.42 Å². The molecule has 1 saturated heterocycles. The van der Waals surface area contributed by atoms with Crippen molar-refractivity contribution in [1.29, 1.82) is 0 Å². The summed E-state index contributed by atoms with van der Waals surface area (Å²) in [6.07, 6.45) is 0.623. The van der Waals surface area contributed by atoms with Crippen molar-refractivity contribution < 1.29 is 14.6 Å². The van der Waals surface area contributed by atoms with Crippen molar-refractivity contribution >= 4 is 5.97 Å². The van der Waals surface area contributed by atoms with Crippen molar-refractivity contribution in [2.75, 3.05) is 6.61 Å². The molecule has 0 aromatic rings. The first kappa shape index (κ1) is 7.80. The Morgan fingerprint density at radius 2 is 2.23 bits per heavy atom. The van der Waals surface area contributed by atoms with Gasteiger partial charge in [0.05, 0.1) is 18.6 Å². The standard InChI is InChI=1S/C10H14O3/c1-4-5-2-7(11)8(4)6-3-13-10(12)9(5)6/h4-9,11H,2-3H2,1H3. The SMILES string of the molecule is CC1C2CC(O)C1C1COC(=O)C21. The lowest BCUT2D eigenvalue weighted by atomic mass is 9.80. The Balaban J connectivity index is 1.98. The second-order valence-corrected chi connectivity index (χ2v) is 4.72. The molecule has 2 saturated carbocycles. The number of cyclic esters (lactones) is 1. The molecule has 0 aromatic heterocycles. The Morgan fingerprint density at radius 1 is 1.46 bits per heavy atom. The lowest BCUT2D eigenvalue weighted by Gasteiger charge is -2.24. The van der Waals surface area contributed by atoms with Crippen LogP contribution in [0.3, 0.4) is 0 Å². The van der Waals surface area contributed by atoms with Crippen LogP contribution < -0.4 is 0 Å². The van der Waals surface area contributed by atoms with Gasteiger partial charge in [0.25, 0.3) is 0 Å². The molecule has 0 amide bonds. The molecule has 1 N–H and O–H groups in total. The van der Waals surface area contributed by atoms with E-state index in [-0.39, 0.29) is 18.0 Å². The largest absolute Gasteiger partial charge is 0.465 e. The maximum Gasteiger partial charge on any atom is 0.309 e. The predicted octanol–water partition coefficient (Wildman–Crippen LogP) is 0.422. The van der Waals surface area contributed by atoms with Crippen molar-refractivity contribution in [2.24, 2.45) is 29.6 Å². The van der Waals surface area contributed by atoms with Gasteiger partial charge >= 0.3 is 5.97 Å². The van der Waals surface area contributed by atoms with E-state index < -0.39 is 0 Å². The van der Waals surface area contributed by atoms with Gasteiger partial charge in [-0.25, -0.2) is 0 Å². The Labute approximate surface area is 77.1 Å². The summed E-state index contributed by atoms with van der Waals surface area (Å²) in [6.45, 7) is 2.71. The van der Waals surface area contributed by atoms with Crippen LogP contribution in [-0.2, 0) is 9.53 Å². The van der Waals surface area contributed by atoms with Crippen molar-refractivity contribution in [2.45, 2.75) is 19.4 Å². The van der Waals surface area contributed by atoms with Crippen LogP contribution >= 0.6 is 0 Å².